The van der Waals surface area contributed by atoms with E-state index >= 15 is 0 Å². The van der Waals surface area contributed by atoms with Gasteiger partial charge in [0.1, 0.15) is 0 Å². The molecule has 1 saturated carbocycles. The Morgan fingerprint density at radius 1 is 1.28 bits per heavy atom. The Hall–Kier alpha value is -1.29. The first-order valence-corrected chi connectivity index (χ1v) is 6.58. The molecule has 1 fully saturated rings. The van der Waals surface area contributed by atoms with Crippen LogP contribution in [0.3, 0.4) is 0 Å². The van der Waals surface area contributed by atoms with E-state index in [1.807, 2.05) is 6.92 Å². The number of aryl methyl sites for hydroxylation is 1. The molecular formula is C14H21NO3. The molecule has 0 aromatic carbocycles. The summed E-state index contributed by atoms with van der Waals surface area (Å²) < 4.78 is 6.30. The second-order valence-corrected chi connectivity index (χ2v) is 4.96. The van der Waals surface area contributed by atoms with Gasteiger partial charge in [0, 0.05) is 19.1 Å². The summed E-state index contributed by atoms with van der Waals surface area (Å²) >= 11 is 0. The molecule has 1 aromatic heterocycles. The molecule has 2 rings (SSSR count). The van der Waals surface area contributed by atoms with E-state index in [-0.39, 0.29) is 12.4 Å². The topological polar surface area (TPSA) is 40.5 Å². The van der Waals surface area contributed by atoms with Crippen LogP contribution in [0.4, 0.5) is 0 Å². The SMILES string of the molecule is COCOn1c(C2CCCCC2)cc(C)cc1=O. The van der Waals surface area contributed by atoms with Gasteiger partial charge < -0.3 is 9.57 Å². The Morgan fingerprint density at radius 2 is 2.00 bits per heavy atom. The summed E-state index contributed by atoms with van der Waals surface area (Å²) in [4.78, 5) is 17.4. The fraction of sp³-hybridized carbons (Fsp3) is 0.643. The van der Waals surface area contributed by atoms with E-state index in [0.29, 0.717) is 5.92 Å². The van der Waals surface area contributed by atoms with E-state index in [0.717, 1.165) is 24.1 Å². The Kier molecular flexibility index (Phi) is 4.42. The fourth-order valence-corrected chi connectivity index (χ4v) is 2.64. The Bertz CT molecular complexity index is 447. The van der Waals surface area contributed by atoms with Crippen molar-refractivity contribution in [1.29, 1.82) is 0 Å². The van der Waals surface area contributed by atoms with Gasteiger partial charge in [0.2, 0.25) is 6.79 Å². The maximum atomic E-state index is 12.0. The van der Waals surface area contributed by atoms with Crippen LogP contribution in [0.2, 0.25) is 0 Å². The zero-order valence-electron chi connectivity index (χ0n) is 11.1. The summed E-state index contributed by atoms with van der Waals surface area (Å²) in [6.45, 7) is 2.05. The van der Waals surface area contributed by atoms with Crippen LogP contribution in [0, 0.1) is 6.92 Å². The third-order valence-corrected chi connectivity index (χ3v) is 3.48. The minimum absolute atomic E-state index is 0.0999. The molecule has 4 heteroatoms. The highest BCUT2D eigenvalue weighted by molar-refractivity contribution is 5.19. The molecular weight excluding hydrogens is 230 g/mol. The summed E-state index contributed by atoms with van der Waals surface area (Å²) in [6.07, 6.45) is 6.04. The third-order valence-electron chi connectivity index (χ3n) is 3.48. The van der Waals surface area contributed by atoms with E-state index in [2.05, 4.69) is 6.07 Å². The molecule has 0 radical (unpaired) electrons. The number of hydrogen-bond donors (Lipinski definition) is 0. The van der Waals surface area contributed by atoms with Crippen LogP contribution in [-0.2, 0) is 4.74 Å². The van der Waals surface area contributed by atoms with Gasteiger partial charge in [-0.05, 0) is 31.4 Å². The zero-order valence-corrected chi connectivity index (χ0v) is 11.1. The van der Waals surface area contributed by atoms with E-state index in [4.69, 9.17) is 9.57 Å². The molecule has 1 aromatic rings. The van der Waals surface area contributed by atoms with Crippen molar-refractivity contribution in [3.63, 3.8) is 0 Å². The molecule has 100 valence electrons. The highest BCUT2D eigenvalue weighted by Crippen LogP contribution is 2.32. The van der Waals surface area contributed by atoms with Crippen molar-refractivity contribution in [2.45, 2.75) is 44.9 Å². The lowest BCUT2D eigenvalue weighted by Crippen LogP contribution is -2.32. The molecule has 0 spiro atoms. The number of ether oxygens (including phenoxy) is 1. The predicted octanol–water partition coefficient (Wildman–Crippen LogP) is 2.24. The summed E-state index contributed by atoms with van der Waals surface area (Å²) in [5.74, 6) is 0.434. The van der Waals surface area contributed by atoms with Gasteiger partial charge >= 0.3 is 0 Å². The monoisotopic (exact) mass is 251 g/mol. The summed E-state index contributed by atoms with van der Waals surface area (Å²) in [6, 6.07) is 3.66. The van der Waals surface area contributed by atoms with Crippen molar-refractivity contribution in [3.05, 3.63) is 33.7 Å². The summed E-state index contributed by atoms with van der Waals surface area (Å²) in [5.41, 5.74) is 1.89. The van der Waals surface area contributed by atoms with Crippen LogP contribution >= 0.6 is 0 Å². The first kappa shape index (κ1) is 13.1. The highest BCUT2D eigenvalue weighted by atomic mass is 16.8. The molecule has 0 atom stereocenters. The van der Waals surface area contributed by atoms with Gasteiger partial charge in [0.05, 0.1) is 5.69 Å². The van der Waals surface area contributed by atoms with Crippen molar-refractivity contribution in [2.75, 3.05) is 13.9 Å². The molecule has 0 bridgehead atoms. The highest BCUT2D eigenvalue weighted by Gasteiger charge is 2.20. The van der Waals surface area contributed by atoms with Crippen LogP contribution < -0.4 is 10.4 Å². The molecule has 0 aliphatic heterocycles. The number of hydrogen-bond acceptors (Lipinski definition) is 3. The van der Waals surface area contributed by atoms with Gasteiger partial charge in [-0.2, -0.15) is 0 Å². The van der Waals surface area contributed by atoms with E-state index in [9.17, 15) is 4.79 Å². The van der Waals surface area contributed by atoms with Crippen LogP contribution in [-0.4, -0.2) is 18.6 Å². The number of aromatic nitrogens is 1. The van der Waals surface area contributed by atoms with Gasteiger partial charge in [-0.1, -0.05) is 19.3 Å². The maximum absolute atomic E-state index is 12.0. The number of nitrogens with zero attached hydrogens (tertiary/aromatic N) is 1. The van der Waals surface area contributed by atoms with Gasteiger partial charge in [0.15, 0.2) is 0 Å². The zero-order chi connectivity index (χ0) is 13.0. The lowest BCUT2D eigenvalue weighted by Gasteiger charge is -2.24. The Balaban J connectivity index is 2.32. The minimum Gasteiger partial charge on any atom is -0.382 e. The third kappa shape index (κ3) is 2.93. The second kappa shape index (κ2) is 6.05. The lowest BCUT2D eigenvalue weighted by molar-refractivity contribution is -0.0462. The minimum atomic E-state index is -0.104. The first-order chi connectivity index (χ1) is 8.72. The van der Waals surface area contributed by atoms with Crippen LogP contribution in [0.25, 0.3) is 0 Å². The van der Waals surface area contributed by atoms with E-state index in [1.54, 1.807) is 13.2 Å². The van der Waals surface area contributed by atoms with Crippen molar-refractivity contribution in [2.24, 2.45) is 0 Å². The number of pyridine rings is 1. The van der Waals surface area contributed by atoms with Gasteiger partial charge in [-0.3, -0.25) is 4.79 Å². The molecule has 0 N–H and O–H groups in total. The Labute approximate surface area is 107 Å². The first-order valence-electron chi connectivity index (χ1n) is 6.58. The van der Waals surface area contributed by atoms with Gasteiger partial charge in [0.25, 0.3) is 5.56 Å². The lowest BCUT2D eigenvalue weighted by atomic mass is 9.86. The summed E-state index contributed by atoms with van der Waals surface area (Å²) in [5, 5.41) is 0. The Morgan fingerprint density at radius 3 is 2.67 bits per heavy atom. The predicted molar refractivity (Wildman–Crippen MR) is 69.7 cm³/mol. The van der Waals surface area contributed by atoms with Crippen LogP contribution in [0.1, 0.15) is 49.3 Å². The van der Waals surface area contributed by atoms with Crippen molar-refractivity contribution >= 4 is 0 Å². The molecule has 0 saturated heterocycles. The average molecular weight is 251 g/mol. The normalized spacial score (nSPS) is 16.8. The molecule has 0 amide bonds. The molecule has 1 heterocycles. The molecule has 4 nitrogen and oxygen atoms in total. The van der Waals surface area contributed by atoms with Crippen molar-refractivity contribution in [3.8, 4) is 0 Å². The number of methoxy groups -OCH3 is 1. The van der Waals surface area contributed by atoms with Crippen molar-refractivity contribution in [1.82, 2.24) is 4.73 Å². The number of rotatable bonds is 4. The molecule has 0 unspecified atom stereocenters. The van der Waals surface area contributed by atoms with Crippen molar-refractivity contribution < 1.29 is 9.57 Å². The largest absolute Gasteiger partial charge is 0.382 e. The second-order valence-electron chi connectivity index (χ2n) is 4.96. The fourth-order valence-electron chi connectivity index (χ4n) is 2.64. The van der Waals surface area contributed by atoms with Crippen LogP contribution in [0.5, 0.6) is 0 Å². The van der Waals surface area contributed by atoms with Gasteiger partial charge in [-0.25, -0.2) is 0 Å². The van der Waals surface area contributed by atoms with E-state index < -0.39 is 0 Å². The standard InChI is InChI=1S/C14H21NO3/c1-11-8-13(12-6-4-3-5-7-12)15(14(16)9-11)18-10-17-2/h8-9,12H,3-7,10H2,1-2H3. The molecule has 1 aliphatic rings. The smallest absolute Gasteiger partial charge is 0.283 e. The van der Waals surface area contributed by atoms with Gasteiger partial charge in [-0.15, -0.1) is 4.73 Å². The quantitative estimate of drug-likeness (QED) is 0.770. The average Bonchev–Trinajstić information content (AvgIpc) is 2.38. The maximum Gasteiger partial charge on any atom is 0.283 e. The van der Waals surface area contributed by atoms with E-state index in [1.165, 1.54) is 24.0 Å². The molecule has 18 heavy (non-hydrogen) atoms. The van der Waals surface area contributed by atoms with Crippen LogP contribution in [0.15, 0.2) is 16.9 Å². The molecule has 1 aliphatic carbocycles. The summed E-state index contributed by atoms with van der Waals surface area (Å²) in [7, 11) is 1.56.